The molecule has 1 fully saturated rings. The lowest BCUT2D eigenvalue weighted by Crippen LogP contribution is -2.56. The van der Waals surface area contributed by atoms with E-state index < -0.39 is 11.0 Å². The maximum atomic E-state index is 12.1. The summed E-state index contributed by atoms with van der Waals surface area (Å²) >= 11 is 0. The molecule has 1 amide bonds. The highest BCUT2D eigenvalue weighted by Crippen LogP contribution is 2.26. The van der Waals surface area contributed by atoms with E-state index in [2.05, 4.69) is 5.32 Å². The number of nitrogens with one attached hydrogen (secondary N) is 1. The van der Waals surface area contributed by atoms with Crippen molar-refractivity contribution in [2.75, 3.05) is 13.7 Å². The van der Waals surface area contributed by atoms with Gasteiger partial charge >= 0.3 is 5.97 Å². The molecule has 0 aromatic heterocycles. The first kappa shape index (κ1) is 15.0. The second kappa shape index (κ2) is 5.69. The molecular formula is C13H24N2O3. The fraction of sp³-hybridized carbons (Fsp3) is 0.846. The summed E-state index contributed by atoms with van der Waals surface area (Å²) in [6, 6.07) is 0. The zero-order valence-electron chi connectivity index (χ0n) is 11.5. The minimum Gasteiger partial charge on any atom is -0.469 e. The lowest BCUT2D eigenvalue weighted by atomic mass is 9.81. The van der Waals surface area contributed by atoms with Crippen molar-refractivity contribution < 1.29 is 14.3 Å². The summed E-state index contributed by atoms with van der Waals surface area (Å²) in [6.07, 6.45) is 4.56. The van der Waals surface area contributed by atoms with E-state index in [1.807, 2.05) is 0 Å². The summed E-state index contributed by atoms with van der Waals surface area (Å²) < 4.78 is 4.70. The van der Waals surface area contributed by atoms with Gasteiger partial charge in [0.15, 0.2) is 0 Å². The lowest BCUT2D eigenvalue weighted by molar-refractivity contribution is -0.150. The van der Waals surface area contributed by atoms with Gasteiger partial charge in [0.25, 0.3) is 0 Å². The van der Waals surface area contributed by atoms with Gasteiger partial charge in [-0.05, 0) is 26.7 Å². The van der Waals surface area contributed by atoms with Crippen molar-refractivity contribution in [1.29, 1.82) is 0 Å². The largest absolute Gasteiger partial charge is 0.469 e. The molecule has 0 spiro atoms. The Kier molecular flexibility index (Phi) is 4.73. The molecule has 0 unspecified atom stereocenters. The second-order valence-corrected chi connectivity index (χ2v) is 5.77. The van der Waals surface area contributed by atoms with Crippen molar-refractivity contribution in [2.45, 2.75) is 51.5 Å². The summed E-state index contributed by atoms with van der Waals surface area (Å²) in [5.74, 6) is -0.489. The monoisotopic (exact) mass is 256 g/mol. The minimum absolute atomic E-state index is 0.154. The molecule has 0 aromatic rings. The third-order valence-electron chi connectivity index (χ3n) is 3.63. The third-order valence-corrected chi connectivity index (χ3v) is 3.63. The molecule has 1 rings (SSSR count). The predicted molar refractivity (Wildman–Crippen MR) is 68.8 cm³/mol. The van der Waals surface area contributed by atoms with E-state index in [0.717, 1.165) is 32.1 Å². The van der Waals surface area contributed by atoms with Gasteiger partial charge in [-0.3, -0.25) is 9.59 Å². The van der Waals surface area contributed by atoms with Crippen molar-refractivity contribution in [3.05, 3.63) is 0 Å². The number of rotatable bonds is 4. The average molecular weight is 256 g/mol. The Bertz CT molecular complexity index is 320. The van der Waals surface area contributed by atoms with Crippen LogP contribution in [-0.2, 0) is 14.3 Å². The first-order chi connectivity index (χ1) is 8.32. The molecule has 1 saturated carbocycles. The number of nitrogens with two attached hydrogens (primary N) is 1. The summed E-state index contributed by atoms with van der Waals surface area (Å²) in [5.41, 5.74) is 4.63. The topological polar surface area (TPSA) is 81.4 Å². The van der Waals surface area contributed by atoms with E-state index in [9.17, 15) is 9.59 Å². The van der Waals surface area contributed by atoms with Crippen molar-refractivity contribution >= 4 is 11.9 Å². The summed E-state index contributed by atoms with van der Waals surface area (Å²) in [7, 11) is 1.34. The van der Waals surface area contributed by atoms with Gasteiger partial charge in [-0.1, -0.05) is 19.3 Å². The Morgan fingerprint density at radius 3 is 2.33 bits per heavy atom. The highest BCUT2D eigenvalue weighted by molar-refractivity contribution is 5.87. The molecule has 0 aromatic carbocycles. The SMILES string of the molecule is COC(=O)C(C)(C)CNC(=O)C1(N)CCCCC1. The molecule has 0 heterocycles. The molecule has 0 radical (unpaired) electrons. The second-order valence-electron chi connectivity index (χ2n) is 5.77. The van der Waals surface area contributed by atoms with Gasteiger partial charge in [0.2, 0.25) is 5.91 Å². The van der Waals surface area contributed by atoms with Gasteiger partial charge < -0.3 is 15.8 Å². The van der Waals surface area contributed by atoms with Crippen LogP contribution < -0.4 is 11.1 Å². The molecule has 0 aliphatic heterocycles. The summed E-state index contributed by atoms with van der Waals surface area (Å²) in [4.78, 5) is 23.6. The summed E-state index contributed by atoms with van der Waals surface area (Å²) in [5, 5.41) is 2.78. The number of ether oxygens (including phenoxy) is 1. The fourth-order valence-corrected chi connectivity index (χ4v) is 2.24. The van der Waals surface area contributed by atoms with Crippen LogP contribution in [0.5, 0.6) is 0 Å². The standard InChI is InChI=1S/C13H24N2O3/c1-12(2,11(17)18-3)9-15-10(16)13(14)7-5-4-6-8-13/h4-9,14H2,1-3H3,(H,15,16). The zero-order valence-corrected chi connectivity index (χ0v) is 11.5. The number of carbonyl (C=O) groups excluding carboxylic acids is 2. The molecule has 0 bridgehead atoms. The van der Waals surface area contributed by atoms with Gasteiger partial charge in [-0.25, -0.2) is 0 Å². The normalized spacial score (nSPS) is 19.1. The quantitative estimate of drug-likeness (QED) is 0.734. The first-order valence-corrected chi connectivity index (χ1v) is 6.47. The molecule has 0 saturated heterocycles. The Balaban J connectivity index is 2.52. The van der Waals surface area contributed by atoms with E-state index in [1.54, 1.807) is 13.8 Å². The maximum absolute atomic E-state index is 12.1. The third kappa shape index (κ3) is 3.45. The van der Waals surface area contributed by atoms with Crippen LogP contribution in [0.2, 0.25) is 0 Å². The van der Waals surface area contributed by atoms with E-state index in [4.69, 9.17) is 10.5 Å². The van der Waals surface area contributed by atoms with Gasteiger partial charge in [-0.2, -0.15) is 0 Å². The predicted octanol–water partition coefficient (Wildman–Crippen LogP) is 0.963. The highest BCUT2D eigenvalue weighted by Gasteiger charge is 2.37. The molecular weight excluding hydrogens is 232 g/mol. The van der Waals surface area contributed by atoms with Crippen LogP contribution in [0, 0.1) is 5.41 Å². The first-order valence-electron chi connectivity index (χ1n) is 6.47. The van der Waals surface area contributed by atoms with Crippen LogP contribution >= 0.6 is 0 Å². The Morgan fingerprint density at radius 2 is 1.83 bits per heavy atom. The van der Waals surface area contributed by atoms with Crippen molar-refractivity contribution in [1.82, 2.24) is 5.32 Å². The van der Waals surface area contributed by atoms with E-state index in [0.29, 0.717) is 0 Å². The van der Waals surface area contributed by atoms with Crippen LogP contribution in [0.1, 0.15) is 46.0 Å². The highest BCUT2D eigenvalue weighted by atomic mass is 16.5. The smallest absolute Gasteiger partial charge is 0.313 e. The maximum Gasteiger partial charge on any atom is 0.313 e. The van der Waals surface area contributed by atoms with Gasteiger partial charge in [0, 0.05) is 6.54 Å². The number of amides is 1. The van der Waals surface area contributed by atoms with Crippen LogP contribution in [0.4, 0.5) is 0 Å². The van der Waals surface area contributed by atoms with Gasteiger partial charge in [-0.15, -0.1) is 0 Å². The van der Waals surface area contributed by atoms with E-state index >= 15 is 0 Å². The molecule has 0 atom stereocenters. The number of hydrogen-bond donors (Lipinski definition) is 2. The molecule has 5 heteroatoms. The number of hydrogen-bond acceptors (Lipinski definition) is 4. The van der Waals surface area contributed by atoms with Crippen molar-refractivity contribution in [3.8, 4) is 0 Å². The van der Waals surface area contributed by atoms with Gasteiger partial charge in [0.05, 0.1) is 18.1 Å². The molecule has 1 aliphatic rings. The molecule has 104 valence electrons. The van der Waals surface area contributed by atoms with E-state index in [-0.39, 0.29) is 18.4 Å². The van der Waals surface area contributed by atoms with Crippen LogP contribution in [0.25, 0.3) is 0 Å². The number of carbonyl (C=O) groups is 2. The average Bonchev–Trinajstić information content (AvgIpc) is 2.35. The van der Waals surface area contributed by atoms with Crippen molar-refractivity contribution in [2.24, 2.45) is 11.1 Å². The van der Waals surface area contributed by atoms with Crippen LogP contribution in [-0.4, -0.2) is 31.1 Å². The number of methoxy groups -OCH3 is 1. The molecule has 18 heavy (non-hydrogen) atoms. The molecule has 1 aliphatic carbocycles. The fourth-order valence-electron chi connectivity index (χ4n) is 2.24. The Labute approximate surface area is 108 Å². The molecule has 5 nitrogen and oxygen atoms in total. The Hall–Kier alpha value is -1.10. The van der Waals surface area contributed by atoms with Gasteiger partial charge in [0.1, 0.15) is 0 Å². The van der Waals surface area contributed by atoms with Crippen LogP contribution in [0.15, 0.2) is 0 Å². The number of esters is 1. The minimum atomic E-state index is -0.759. The zero-order chi connectivity index (χ0) is 13.8. The molecule has 3 N–H and O–H groups in total. The van der Waals surface area contributed by atoms with Crippen LogP contribution in [0.3, 0.4) is 0 Å². The van der Waals surface area contributed by atoms with E-state index in [1.165, 1.54) is 7.11 Å². The summed E-state index contributed by atoms with van der Waals surface area (Å²) in [6.45, 7) is 3.73. The Morgan fingerprint density at radius 1 is 1.28 bits per heavy atom. The van der Waals surface area contributed by atoms with Crippen molar-refractivity contribution in [3.63, 3.8) is 0 Å². The lowest BCUT2D eigenvalue weighted by Gasteiger charge is -2.33.